The van der Waals surface area contributed by atoms with Crippen LogP contribution in [-0.4, -0.2) is 61.8 Å². The number of benzene rings is 2. The van der Waals surface area contributed by atoms with E-state index in [1.54, 1.807) is 36.9 Å². The molecule has 2 heterocycles. The van der Waals surface area contributed by atoms with Crippen molar-refractivity contribution >= 4 is 23.7 Å². The van der Waals surface area contributed by atoms with Crippen molar-refractivity contribution in [1.29, 1.82) is 0 Å². The van der Waals surface area contributed by atoms with Gasteiger partial charge in [-0.2, -0.15) is 26.3 Å². The molecule has 3 aromatic rings. The van der Waals surface area contributed by atoms with Gasteiger partial charge >= 0.3 is 24.4 Å². The number of alkyl halides is 6. The molecule has 0 spiro atoms. The molecule has 0 fully saturated rings. The van der Waals surface area contributed by atoms with Crippen LogP contribution in [0.15, 0.2) is 42.6 Å². The second kappa shape index (κ2) is 17.6. The second-order valence-electron chi connectivity index (χ2n) is 11.7. The molecule has 52 heavy (non-hydrogen) atoms. The van der Waals surface area contributed by atoms with Crippen LogP contribution < -0.4 is 19.7 Å². The number of rotatable bonds is 15. The van der Waals surface area contributed by atoms with Crippen LogP contribution >= 0.6 is 0 Å². The van der Waals surface area contributed by atoms with Crippen molar-refractivity contribution in [2.45, 2.75) is 77.3 Å². The van der Waals surface area contributed by atoms with Gasteiger partial charge in [0.2, 0.25) is 5.95 Å². The Kier molecular flexibility index (Phi) is 13.5. The minimum absolute atomic E-state index is 0.000374. The number of ether oxygens (including phenoxy) is 5. The molecule has 0 bridgehead atoms. The van der Waals surface area contributed by atoms with E-state index < -0.39 is 48.0 Å². The van der Waals surface area contributed by atoms with Crippen molar-refractivity contribution in [3.05, 3.63) is 70.5 Å². The van der Waals surface area contributed by atoms with Crippen LogP contribution in [0.4, 0.5) is 42.8 Å². The molecule has 0 unspecified atom stereocenters. The molecule has 11 nitrogen and oxygen atoms in total. The van der Waals surface area contributed by atoms with Crippen LogP contribution in [0.2, 0.25) is 0 Å². The first-order chi connectivity index (χ1) is 24.7. The minimum atomic E-state index is -5.05. The van der Waals surface area contributed by atoms with Gasteiger partial charge in [0.1, 0.15) is 5.75 Å². The molecule has 284 valence electrons. The molecule has 0 saturated carbocycles. The van der Waals surface area contributed by atoms with Crippen molar-refractivity contribution in [3.8, 4) is 11.5 Å². The molecule has 1 amide bonds. The molecular formula is C35H40F6N4O7. The van der Waals surface area contributed by atoms with Crippen molar-refractivity contribution in [3.63, 3.8) is 0 Å². The molecule has 4 rings (SSSR count). The van der Waals surface area contributed by atoms with Gasteiger partial charge < -0.3 is 29.0 Å². The summed E-state index contributed by atoms with van der Waals surface area (Å²) in [5.41, 5.74) is -2.11. The number of hydrogen-bond donors (Lipinski definition) is 1. The van der Waals surface area contributed by atoms with Gasteiger partial charge in [0, 0.05) is 31.6 Å². The van der Waals surface area contributed by atoms with Crippen molar-refractivity contribution in [2.24, 2.45) is 0 Å². The molecule has 1 aliphatic heterocycles. The number of methoxy groups -OCH3 is 1. The van der Waals surface area contributed by atoms with Gasteiger partial charge in [0.15, 0.2) is 12.5 Å². The average molecular weight is 743 g/mol. The van der Waals surface area contributed by atoms with Gasteiger partial charge in [0.25, 0.3) is 0 Å². The molecular weight excluding hydrogens is 702 g/mol. The Morgan fingerprint density at radius 3 is 2.25 bits per heavy atom. The number of hydrogen-bond acceptors (Lipinski definition) is 10. The Morgan fingerprint density at radius 1 is 0.942 bits per heavy atom. The Morgan fingerprint density at radius 2 is 1.63 bits per heavy atom. The summed E-state index contributed by atoms with van der Waals surface area (Å²) in [6.07, 6.45) is -8.74. The number of esters is 1. The van der Waals surface area contributed by atoms with Gasteiger partial charge in [-0.05, 0) is 75.1 Å². The number of fused-ring (bicyclic) bond motifs is 1. The minimum Gasteiger partial charge on any atom is -0.490 e. The highest BCUT2D eigenvalue weighted by atomic mass is 19.4. The first-order valence-electron chi connectivity index (χ1n) is 16.6. The van der Waals surface area contributed by atoms with Gasteiger partial charge in [-0.25, -0.2) is 14.8 Å². The summed E-state index contributed by atoms with van der Waals surface area (Å²) in [5.74, 6) is -0.0272. The Bertz CT molecular complexity index is 1660. The number of nitrogens with zero attached hydrogens (tertiary/aromatic N) is 3. The van der Waals surface area contributed by atoms with Crippen LogP contribution in [0.1, 0.15) is 80.4 Å². The van der Waals surface area contributed by atoms with Crippen molar-refractivity contribution in [2.75, 3.05) is 43.9 Å². The number of amides is 1. The average Bonchev–Trinajstić information content (AvgIpc) is 3.09. The van der Waals surface area contributed by atoms with E-state index in [0.29, 0.717) is 42.0 Å². The van der Waals surface area contributed by atoms with Crippen molar-refractivity contribution < 1.29 is 59.6 Å². The molecule has 2 aromatic carbocycles. The lowest BCUT2D eigenvalue weighted by molar-refractivity contribution is -0.144. The Labute approximate surface area is 296 Å². The summed E-state index contributed by atoms with van der Waals surface area (Å²) >= 11 is 0. The highest BCUT2D eigenvalue weighted by Crippen LogP contribution is 2.42. The van der Waals surface area contributed by atoms with Crippen LogP contribution in [0.3, 0.4) is 0 Å². The lowest BCUT2D eigenvalue weighted by Crippen LogP contribution is -2.46. The highest BCUT2D eigenvalue weighted by molar-refractivity contribution is 5.90. The molecule has 0 saturated heterocycles. The number of aromatic nitrogens is 2. The monoisotopic (exact) mass is 742 g/mol. The number of carbonyl (C=O) groups excluding carboxylic acids is 2. The molecule has 2 atom stereocenters. The molecule has 1 aromatic heterocycles. The Hall–Kier alpha value is -4.80. The first kappa shape index (κ1) is 40.0. The summed E-state index contributed by atoms with van der Waals surface area (Å²) < 4.78 is 109. The van der Waals surface area contributed by atoms with Crippen LogP contribution in [-0.2, 0) is 37.8 Å². The molecule has 17 heteroatoms. The smallest absolute Gasteiger partial charge is 0.416 e. The third-order valence-electron chi connectivity index (χ3n) is 8.03. The fourth-order valence-corrected chi connectivity index (χ4v) is 5.70. The maximum absolute atomic E-state index is 13.7. The zero-order chi connectivity index (χ0) is 38.1. The number of halogens is 6. The zero-order valence-electron chi connectivity index (χ0n) is 29.0. The predicted molar refractivity (Wildman–Crippen MR) is 176 cm³/mol. The van der Waals surface area contributed by atoms with E-state index in [2.05, 4.69) is 15.3 Å². The van der Waals surface area contributed by atoms with Crippen LogP contribution in [0.25, 0.3) is 0 Å². The maximum atomic E-state index is 13.7. The van der Waals surface area contributed by atoms with E-state index in [-0.39, 0.29) is 74.5 Å². The van der Waals surface area contributed by atoms with Gasteiger partial charge in [-0.15, -0.1) is 0 Å². The van der Waals surface area contributed by atoms with Gasteiger partial charge in [-0.3, -0.25) is 9.69 Å². The summed E-state index contributed by atoms with van der Waals surface area (Å²) in [6, 6.07) is 5.54. The first-order valence-corrected chi connectivity index (χ1v) is 16.6. The Balaban J connectivity index is 1.74. The molecule has 0 radical (unpaired) electrons. The maximum Gasteiger partial charge on any atom is 0.416 e. The number of anilines is 2. The topological polar surface area (TPSA) is 121 Å². The predicted octanol–water partition coefficient (Wildman–Crippen LogP) is 8.11. The normalized spacial score (nSPS) is 15.8. The van der Waals surface area contributed by atoms with E-state index in [0.717, 1.165) is 0 Å². The van der Waals surface area contributed by atoms with E-state index >= 15 is 0 Å². The van der Waals surface area contributed by atoms with E-state index in [9.17, 15) is 35.9 Å². The fourth-order valence-electron chi connectivity index (χ4n) is 5.70. The quantitative estimate of drug-likeness (QED) is 0.0708. The number of nitrogens with one attached hydrogen (secondary N) is 1. The summed E-state index contributed by atoms with van der Waals surface area (Å²) in [7, 11) is 1.46. The van der Waals surface area contributed by atoms with E-state index in [4.69, 9.17) is 23.7 Å². The number of carbonyl (C=O) groups is 2. The fraction of sp³-hybridized carbons (Fsp3) is 0.486. The summed E-state index contributed by atoms with van der Waals surface area (Å²) in [4.78, 5) is 35.3. The van der Waals surface area contributed by atoms with Gasteiger partial charge in [0.05, 0.1) is 54.6 Å². The zero-order valence-corrected chi connectivity index (χ0v) is 29.0. The van der Waals surface area contributed by atoms with Crippen LogP contribution in [0.5, 0.6) is 11.5 Å². The van der Waals surface area contributed by atoms with Gasteiger partial charge in [-0.1, -0.05) is 6.92 Å². The third-order valence-corrected chi connectivity index (χ3v) is 8.03. The summed E-state index contributed by atoms with van der Waals surface area (Å²) in [5, 5.41) is 3.23. The largest absolute Gasteiger partial charge is 0.490 e. The van der Waals surface area contributed by atoms with Crippen molar-refractivity contribution in [1.82, 2.24) is 9.97 Å². The molecule has 0 aliphatic carbocycles. The lowest BCUT2D eigenvalue weighted by atomic mass is 9.90. The van der Waals surface area contributed by atoms with E-state index in [1.165, 1.54) is 13.3 Å². The molecule has 1 N–H and O–H groups in total. The highest BCUT2D eigenvalue weighted by Gasteiger charge is 2.38. The molecule has 1 aliphatic rings. The summed E-state index contributed by atoms with van der Waals surface area (Å²) in [6.45, 7) is 5.52. The van der Waals surface area contributed by atoms with Crippen LogP contribution in [0, 0.1) is 0 Å². The SMILES string of the molecule is CCOC(=O)CCCOc1cnc(N[C@H]2C[C@@H](CC)N(C(=O)OCC)c3ccc(OCOC)cc32)nc1Cc1cc(C(F)(F)F)cc(C(F)(F)F)c1. The third kappa shape index (κ3) is 10.4. The second-order valence-corrected chi connectivity index (χ2v) is 11.7. The van der Waals surface area contributed by atoms with E-state index in [1.807, 2.05) is 6.92 Å². The lowest BCUT2D eigenvalue weighted by Gasteiger charge is -2.40. The standard InChI is InChI=1S/C35H40F6N4O7/c1-5-24-17-27(26-18-25(52-20-48-4)10-11-29(26)45(24)33(47)50-7-3)43-32-42-19-30(51-12-8-9-31(46)49-6-2)28(44-32)15-21-13-22(34(36,37)38)16-23(14-21)35(39,40)41/h10-11,13-14,16,18-19,24,27H,5-9,12,15,17,20H2,1-4H3,(H,42,43,44)/t24-,27+/m1/s1.